The molecule has 0 aliphatic rings. The third kappa shape index (κ3) is 3.38. The minimum absolute atomic E-state index is 0.150. The number of rotatable bonds is 5. The molecule has 0 spiro atoms. The monoisotopic (exact) mass is 279 g/mol. The van der Waals surface area contributed by atoms with Crippen LogP contribution in [0.4, 0.5) is 4.39 Å². The summed E-state index contributed by atoms with van der Waals surface area (Å²) in [6.45, 7) is 3.70. The third-order valence-corrected chi connectivity index (χ3v) is 3.64. The van der Waals surface area contributed by atoms with Crippen molar-refractivity contribution in [3.63, 3.8) is 0 Å². The van der Waals surface area contributed by atoms with Crippen molar-refractivity contribution >= 4 is 17.1 Å². The number of halogens is 1. The average molecular weight is 279 g/mol. The molecular weight excluding hydrogens is 265 g/mol. The number of carbonyl (C=O) groups is 1. The molecule has 1 heterocycles. The van der Waals surface area contributed by atoms with Crippen LogP contribution in [-0.2, 0) is 13.0 Å². The van der Waals surface area contributed by atoms with Crippen molar-refractivity contribution in [3.05, 3.63) is 45.7 Å². The predicted octanol–water partition coefficient (Wildman–Crippen LogP) is 3.63. The van der Waals surface area contributed by atoms with Gasteiger partial charge in [-0.25, -0.2) is 9.37 Å². The highest BCUT2D eigenvalue weighted by atomic mass is 32.1. The SMILES string of the molecule is CCc1nc(COc2cc(F)ccc2C(C)=O)cs1. The van der Waals surface area contributed by atoms with E-state index in [-0.39, 0.29) is 18.1 Å². The van der Waals surface area contributed by atoms with Crippen molar-refractivity contribution in [2.45, 2.75) is 26.9 Å². The molecule has 0 amide bonds. The zero-order chi connectivity index (χ0) is 13.8. The summed E-state index contributed by atoms with van der Waals surface area (Å²) in [4.78, 5) is 15.8. The Kier molecular flexibility index (Phi) is 4.27. The lowest BCUT2D eigenvalue weighted by molar-refractivity contribution is 0.101. The van der Waals surface area contributed by atoms with Crippen LogP contribution < -0.4 is 4.74 Å². The van der Waals surface area contributed by atoms with E-state index in [1.54, 1.807) is 11.3 Å². The molecule has 2 aromatic rings. The second-order valence-electron chi connectivity index (χ2n) is 4.07. The van der Waals surface area contributed by atoms with Gasteiger partial charge < -0.3 is 4.74 Å². The number of benzene rings is 1. The molecule has 100 valence electrons. The van der Waals surface area contributed by atoms with E-state index in [0.717, 1.165) is 17.1 Å². The number of ketones is 1. The van der Waals surface area contributed by atoms with E-state index in [9.17, 15) is 9.18 Å². The molecule has 0 bridgehead atoms. The fourth-order valence-electron chi connectivity index (χ4n) is 1.64. The van der Waals surface area contributed by atoms with Gasteiger partial charge in [-0.15, -0.1) is 11.3 Å². The first-order chi connectivity index (χ1) is 9.10. The summed E-state index contributed by atoms with van der Waals surface area (Å²) < 4.78 is 18.7. The summed E-state index contributed by atoms with van der Waals surface area (Å²) in [6.07, 6.45) is 0.878. The molecule has 0 aliphatic carbocycles. The molecule has 0 saturated carbocycles. The maximum Gasteiger partial charge on any atom is 0.163 e. The van der Waals surface area contributed by atoms with E-state index in [4.69, 9.17) is 4.74 Å². The highest BCUT2D eigenvalue weighted by molar-refractivity contribution is 7.09. The van der Waals surface area contributed by atoms with Gasteiger partial charge in [-0.2, -0.15) is 0 Å². The predicted molar refractivity (Wildman–Crippen MR) is 72.2 cm³/mol. The molecule has 5 heteroatoms. The van der Waals surface area contributed by atoms with Crippen LogP contribution in [0, 0.1) is 5.82 Å². The zero-order valence-electron chi connectivity index (χ0n) is 10.8. The van der Waals surface area contributed by atoms with Gasteiger partial charge in [0.1, 0.15) is 18.2 Å². The third-order valence-electron chi connectivity index (χ3n) is 2.60. The summed E-state index contributed by atoms with van der Waals surface area (Å²) >= 11 is 1.57. The average Bonchev–Trinajstić information content (AvgIpc) is 2.84. The minimum atomic E-state index is -0.424. The molecule has 0 aliphatic heterocycles. The van der Waals surface area contributed by atoms with Gasteiger partial charge in [0.25, 0.3) is 0 Å². The largest absolute Gasteiger partial charge is 0.486 e. The summed E-state index contributed by atoms with van der Waals surface area (Å²) in [5, 5.41) is 2.94. The van der Waals surface area contributed by atoms with Gasteiger partial charge in [0, 0.05) is 11.4 Å². The fraction of sp³-hybridized carbons (Fsp3) is 0.286. The molecule has 0 fully saturated rings. The summed E-state index contributed by atoms with van der Waals surface area (Å²) in [7, 11) is 0. The Morgan fingerprint density at radius 3 is 2.89 bits per heavy atom. The molecule has 0 unspecified atom stereocenters. The molecule has 0 atom stereocenters. The van der Waals surface area contributed by atoms with Crippen LogP contribution in [0.2, 0.25) is 0 Å². The molecule has 1 aromatic carbocycles. The first-order valence-electron chi connectivity index (χ1n) is 5.96. The molecule has 0 saturated heterocycles. The lowest BCUT2D eigenvalue weighted by atomic mass is 10.1. The van der Waals surface area contributed by atoms with Crippen molar-refractivity contribution in [1.82, 2.24) is 4.98 Å². The van der Waals surface area contributed by atoms with Gasteiger partial charge in [-0.1, -0.05) is 6.92 Å². The van der Waals surface area contributed by atoms with E-state index in [0.29, 0.717) is 5.56 Å². The van der Waals surface area contributed by atoms with Gasteiger partial charge >= 0.3 is 0 Å². The van der Waals surface area contributed by atoms with E-state index in [1.165, 1.54) is 25.1 Å². The normalized spacial score (nSPS) is 10.5. The fourth-order valence-corrected chi connectivity index (χ4v) is 2.37. The van der Waals surface area contributed by atoms with Crippen LogP contribution >= 0.6 is 11.3 Å². The van der Waals surface area contributed by atoms with Crippen molar-refractivity contribution in [3.8, 4) is 5.75 Å². The second-order valence-corrected chi connectivity index (χ2v) is 5.01. The Hall–Kier alpha value is -1.75. The Morgan fingerprint density at radius 2 is 2.26 bits per heavy atom. The lowest BCUT2D eigenvalue weighted by Gasteiger charge is -2.08. The number of aryl methyl sites for hydroxylation is 1. The number of ether oxygens (including phenoxy) is 1. The van der Waals surface area contributed by atoms with Crippen LogP contribution in [0.1, 0.15) is 34.9 Å². The van der Waals surface area contributed by atoms with Crippen molar-refractivity contribution in [1.29, 1.82) is 0 Å². The number of hydrogen-bond donors (Lipinski definition) is 0. The smallest absolute Gasteiger partial charge is 0.163 e. The van der Waals surface area contributed by atoms with Gasteiger partial charge in [-0.3, -0.25) is 4.79 Å². The van der Waals surface area contributed by atoms with Crippen LogP contribution in [-0.4, -0.2) is 10.8 Å². The molecule has 1 aromatic heterocycles. The quantitative estimate of drug-likeness (QED) is 0.785. The molecule has 2 rings (SSSR count). The van der Waals surface area contributed by atoms with Crippen molar-refractivity contribution in [2.24, 2.45) is 0 Å². The standard InChI is InChI=1S/C14H14FNO2S/c1-3-14-16-11(8-19-14)7-18-13-6-10(15)4-5-12(13)9(2)17/h4-6,8H,3,7H2,1-2H3. The number of thiazole rings is 1. The molecule has 0 radical (unpaired) electrons. The first kappa shape index (κ1) is 13.7. The van der Waals surface area contributed by atoms with Crippen LogP contribution in [0.25, 0.3) is 0 Å². The Labute approximate surface area is 115 Å². The molecule has 19 heavy (non-hydrogen) atoms. The minimum Gasteiger partial charge on any atom is -0.486 e. The van der Waals surface area contributed by atoms with Crippen LogP contribution in [0.5, 0.6) is 5.75 Å². The lowest BCUT2D eigenvalue weighted by Crippen LogP contribution is -2.02. The topological polar surface area (TPSA) is 39.2 Å². The van der Waals surface area contributed by atoms with E-state index in [2.05, 4.69) is 4.98 Å². The van der Waals surface area contributed by atoms with E-state index >= 15 is 0 Å². The summed E-state index contributed by atoms with van der Waals surface area (Å²) in [5.74, 6) is -0.311. The molecule has 3 nitrogen and oxygen atoms in total. The highest BCUT2D eigenvalue weighted by Gasteiger charge is 2.10. The number of Topliss-reactive ketones (excluding diaryl/α,β-unsaturated/α-hetero) is 1. The second kappa shape index (κ2) is 5.93. The summed E-state index contributed by atoms with van der Waals surface area (Å²) in [6, 6.07) is 3.91. The number of nitrogens with zero attached hydrogens (tertiary/aromatic N) is 1. The maximum absolute atomic E-state index is 13.2. The number of hydrogen-bond acceptors (Lipinski definition) is 4. The maximum atomic E-state index is 13.2. The van der Waals surface area contributed by atoms with Crippen LogP contribution in [0.15, 0.2) is 23.6 Å². The number of aromatic nitrogens is 1. The van der Waals surface area contributed by atoms with Gasteiger partial charge in [0.15, 0.2) is 5.78 Å². The Bertz CT molecular complexity index is 595. The zero-order valence-corrected chi connectivity index (χ0v) is 11.6. The van der Waals surface area contributed by atoms with Gasteiger partial charge in [0.2, 0.25) is 0 Å². The Balaban J connectivity index is 2.14. The van der Waals surface area contributed by atoms with Crippen LogP contribution in [0.3, 0.4) is 0 Å². The first-order valence-corrected chi connectivity index (χ1v) is 6.84. The van der Waals surface area contributed by atoms with E-state index < -0.39 is 5.82 Å². The summed E-state index contributed by atoms with van der Waals surface area (Å²) in [5.41, 5.74) is 1.17. The van der Waals surface area contributed by atoms with Crippen molar-refractivity contribution in [2.75, 3.05) is 0 Å². The van der Waals surface area contributed by atoms with Gasteiger partial charge in [-0.05, 0) is 25.5 Å². The Morgan fingerprint density at radius 1 is 1.47 bits per heavy atom. The van der Waals surface area contributed by atoms with Gasteiger partial charge in [0.05, 0.1) is 16.3 Å². The molecular formula is C14H14FNO2S. The van der Waals surface area contributed by atoms with E-state index in [1.807, 2.05) is 12.3 Å². The van der Waals surface area contributed by atoms with Crippen molar-refractivity contribution < 1.29 is 13.9 Å². The molecule has 0 N–H and O–H groups in total. The highest BCUT2D eigenvalue weighted by Crippen LogP contribution is 2.22. The number of carbonyl (C=O) groups excluding carboxylic acids is 1.